The molecule has 0 radical (unpaired) electrons. The molecule has 4 fully saturated rings. The largest absolute Gasteiger partial charge is 0.459 e. The van der Waals surface area contributed by atoms with E-state index in [1.54, 1.807) is 55.9 Å². The molecule has 1 aromatic carbocycles. The Morgan fingerprint density at radius 3 is 1.08 bits per heavy atom. The summed E-state index contributed by atoms with van der Waals surface area (Å²) < 4.78 is 37.1. The lowest BCUT2D eigenvalue weighted by Crippen LogP contribution is -2.22. The number of H-pyrrole nitrogens is 1. The first-order valence-electron chi connectivity index (χ1n) is 44.8. The van der Waals surface area contributed by atoms with Crippen LogP contribution in [0.5, 0.6) is 0 Å². The Bertz CT molecular complexity index is 5850. The third-order valence-corrected chi connectivity index (χ3v) is 30.1. The summed E-state index contributed by atoms with van der Waals surface area (Å²) >= 11 is 4.24. The van der Waals surface area contributed by atoms with E-state index in [9.17, 15) is 41.2 Å². The maximum absolute atomic E-state index is 12.5. The van der Waals surface area contributed by atoms with E-state index in [0.29, 0.717) is 57.9 Å². The van der Waals surface area contributed by atoms with Crippen LogP contribution in [0.4, 0.5) is 0 Å². The molecule has 0 aliphatic heterocycles. The Hall–Kier alpha value is -10.2. The number of nitrogens with zero attached hydrogens (tertiary/aromatic N) is 23. The molecule has 4 aliphatic rings. The zero-order valence-electron chi connectivity index (χ0n) is 75.5. The fourth-order valence-corrected chi connectivity index (χ4v) is 20.1. The van der Waals surface area contributed by atoms with Crippen molar-refractivity contribution in [3.8, 4) is 69.3 Å². The fourth-order valence-electron chi connectivity index (χ4n) is 17.8. The highest BCUT2D eigenvalue weighted by Gasteiger charge is 2.38. The van der Waals surface area contributed by atoms with Gasteiger partial charge in [0.05, 0.1) is 146 Å². The van der Waals surface area contributed by atoms with Gasteiger partial charge in [-0.25, -0.2) is 44.7 Å². The van der Waals surface area contributed by atoms with Gasteiger partial charge in [-0.2, -0.15) is 41.4 Å². The van der Waals surface area contributed by atoms with E-state index >= 15 is 0 Å². The predicted octanol–water partition coefficient (Wildman–Crippen LogP) is 18.7. The highest BCUT2D eigenvalue weighted by atomic mass is 128. The molecule has 37 heteroatoms. The van der Waals surface area contributed by atoms with Gasteiger partial charge in [0.1, 0.15) is 74.2 Å². The van der Waals surface area contributed by atoms with E-state index in [1.165, 1.54) is 6.33 Å². The summed E-state index contributed by atoms with van der Waals surface area (Å²) in [4.78, 5) is 51.3. The van der Waals surface area contributed by atoms with Crippen LogP contribution in [0.1, 0.15) is 137 Å². The molecule has 0 amide bonds. The van der Waals surface area contributed by atoms with Gasteiger partial charge >= 0.3 is 5.97 Å². The minimum Gasteiger partial charge on any atom is -0.459 e. The van der Waals surface area contributed by atoms with E-state index in [0.717, 1.165) is 198 Å². The van der Waals surface area contributed by atoms with E-state index in [-0.39, 0.29) is 78.2 Å². The number of carbonyl (C=O) groups is 1. The molecule has 4 saturated carbocycles. The molecule has 0 saturated heterocycles. The number of esters is 1. The van der Waals surface area contributed by atoms with Crippen LogP contribution in [0.2, 0.25) is 77.1 Å². The number of hydrogen-bond acceptors (Lipinski definition) is 24. The second-order valence-corrected chi connectivity index (χ2v) is 54.8. The average molecular weight is 2040 g/mol. The maximum atomic E-state index is 12.5. The van der Waals surface area contributed by atoms with E-state index in [4.69, 9.17) is 18.9 Å². The minimum absolute atomic E-state index is 0.00977. The highest BCUT2D eigenvalue weighted by Crippen LogP contribution is 2.43. The van der Waals surface area contributed by atoms with Gasteiger partial charge in [-0.1, -0.05) is 77.1 Å². The van der Waals surface area contributed by atoms with Crippen LogP contribution in [0.3, 0.4) is 0 Å². The molecule has 13 aromatic rings. The van der Waals surface area contributed by atoms with Crippen molar-refractivity contribution in [1.82, 2.24) is 97.7 Å². The Morgan fingerprint density at radius 2 is 0.754 bits per heavy atom. The van der Waals surface area contributed by atoms with Crippen molar-refractivity contribution in [2.45, 2.75) is 249 Å². The number of hydrogen-bond donors (Lipinski definition) is 4. The molecule has 32 nitrogen and oxygen atoms in total. The fraction of sp³-hybridized carbons (Fsp3) is 0.495. The summed E-state index contributed by atoms with van der Waals surface area (Å²) in [5.41, 5.74) is 10.7. The molecule has 17 rings (SSSR count). The molecule has 12 atom stereocenters. The van der Waals surface area contributed by atoms with Crippen LogP contribution in [-0.2, 0) is 39.1 Å². The first kappa shape index (κ1) is 97.4. The van der Waals surface area contributed by atoms with Crippen LogP contribution >= 0.6 is 37.2 Å². The number of nitrogens with one attached hydrogen (secondary N) is 1. The Morgan fingerprint density at radius 1 is 0.431 bits per heavy atom. The second kappa shape index (κ2) is 45.8. The zero-order valence-corrected chi connectivity index (χ0v) is 82.8. The van der Waals surface area contributed by atoms with Gasteiger partial charge in [0.2, 0.25) is 0 Å². The number of fused-ring (bicyclic) bond motifs is 4. The summed E-state index contributed by atoms with van der Waals surface area (Å²) in [7, 11) is -3.38. The van der Waals surface area contributed by atoms with E-state index in [1.807, 2.05) is 124 Å². The lowest BCUT2D eigenvalue weighted by Gasteiger charge is -2.22. The monoisotopic (exact) mass is 2040 g/mol. The molecule has 12 heterocycles. The standard InChI is InChI=1S/C30H36N6O3Si.2C23H32N6O2Si.C17H18N6O.I2/c1-40(2,3)16-15-38-21-35-14-12-26-28(32-20-33-29(26)35)24-18-34-36(19-24)27(11-13-31)23-9-10-25(17-23)39-30(37)22-7-5-4-6-8-22;2*1-32(2,3)11-10-31-16-28-9-7-20-22(25-15-26-23(20)28)18-13-27-29(14-18)21(6-8-24)17-4-5-19(30)12-17;18-5-3-15(11-1-2-13(24)7-11)23-9-12(8-22-23)16-14-4-6-19-17(14)21-10-20-16;1-2/h4-8,12,14,18-20,23,25,27H,9-11,15-17,21H2,1-3H3;2*7,9,13-15,17,19,21,30H,4-6,10-12,16H2,1-3H3;4,6,8-11,13,15,24H,1-3,7H2,(H,19,20,21);/t23-,25-,27?;17-,19+,21?;17-,19-,21?;11-,13-,15?;/m0000./s1. The van der Waals surface area contributed by atoms with Crippen molar-refractivity contribution in [1.29, 1.82) is 21.0 Å². The van der Waals surface area contributed by atoms with Crippen LogP contribution in [0.15, 0.2) is 154 Å². The number of rotatable bonds is 33. The smallest absolute Gasteiger partial charge is 0.338 e. The quantitative estimate of drug-likeness (QED) is 0.0128. The number of benzene rings is 1. The van der Waals surface area contributed by atoms with E-state index < -0.39 is 24.2 Å². The molecule has 4 unspecified atom stereocenters. The van der Waals surface area contributed by atoms with Crippen LogP contribution < -0.4 is 0 Å². The maximum Gasteiger partial charge on any atom is 0.338 e. The first-order valence-corrected chi connectivity index (χ1v) is 62.2. The Balaban J connectivity index is 0.000000149. The van der Waals surface area contributed by atoms with Crippen molar-refractivity contribution in [2.24, 2.45) is 23.7 Å². The molecule has 130 heavy (non-hydrogen) atoms. The normalized spacial score (nSPS) is 19.5. The average Bonchev–Trinajstić information content (AvgIpc) is 1.64. The zero-order chi connectivity index (χ0) is 92.1. The second-order valence-electron chi connectivity index (χ2n) is 37.9. The number of aromatic nitrogens is 20. The van der Waals surface area contributed by atoms with Gasteiger partial charge in [0.15, 0.2) is 0 Å². The molecule has 4 aliphatic carbocycles. The minimum atomic E-state index is -1.15. The van der Waals surface area contributed by atoms with Crippen molar-refractivity contribution in [3.05, 3.63) is 160 Å². The SMILES string of the molecule is C[Si](C)(C)CCOCn1ccc2c(-c3cnn(C(CC#N)[C@H]4CC[C@@H](O)C4)c3)ncnc21.C[Si](C)(C)CCOCn1ccc2c(-c3cnn(C(CC#N)[C@H]4CC[C@H](O)C4)c3)ncnc21.C[Si](C)(C)CCOCn1ccc2c(-c3cnn(C(CC#N)[C@H]4CC[C@H](OC(=O)c5ccccc5)C4)c3)ncnc21.II.N#CCC([C@H]1CC[C@H](O)C1)n1cc(-c2ncnc3[nH]ccc23)cn1. The number of halogens is 2. The molecule has 0 bridgehead atoms. The molecule has 4 N–H and O–H groups in total. The van der Waals surface area contributed by atoms with Crippen molar-refractivity contribution in [2.75, 3.05) is 19.8 Å². The third-order valence-electron chi connectivity index (χ3n) is 25.0. The molecular weight excluding hydrogens is 1920 g/mol. The van der Waals surface area contributed by atoms with Gasteiger partial charge in [0, 0.05) is 175 Å². The van der Waals surface area contributed by atoms with Gasteiger partial charge in [0.25, 0.3) is 0 Å². The number of ether oxygens (including phenoxy) is 4. The van der Waals surface area contributed by atoms with Crippen LogP contribution in [-0.4, -0.2) is 187 Å². The van der Waals surface area contributed by atoms with Crippen molar-refractivity contribution in [3.63, 3.8) is 0 Å². The number of aliphatic hydroxyl groups is 3. The predicted molar refractivity (Wildman–Crippen MR) is 522 cm³/mol. The molecule has 684 valence electrons. The number of carbonyl (C=O) groups excluding carboxylic acids is 1. The summed E-state index contributed by atoms with van der Waals surface area (Å²) in [6.07, 6.45) is 39.3. The molecular formula is C93H118I2N24O8Si3. The molecule has 12 aromatic heterocycles. The number of aromatic amines is 1. The van der Waals surface area contributed by atoms with Crippen molar-refractivity contribution < 1.29 is 39.1 Å². The van der Waals surface area contributed by atoms with E-state index in [2.05, 4.69) is 186 Å². The lowest BCUT2D eigenvalue weighted by molar-refractivity contribution is 0.0302. The topological polar surface area (TPSA) is 415 Å². The summed E-state index contributed by atoms with van der Waals surface area (Å²) in [5.74, 6) is 0.686. The summed E-state index contributed by atoms with van der Waals surface area (Å²) in [5, 5.41) is 89.2. The lowest BCUT2D eigenvalue weighted by atomic mass is 9.96. The number of aliphatic hydroxyl groups excluding tert-OH is 3. The first-order chi connectivity index (χ1) is 62.8. The summed E-state index contributed by atoms with van der Waals surface area (Å²) in [6.45, 7) is 24.7. The highest BCUT2D eigenvalue weighted by molar-refractivity contribution is 15.0. The summed E-state index contributed by atoms with van der Waals surface area (Å²) in [6, 6.07) is 29.4. The van der Waals surface area contributed by atoms with Gasteiger partial charge < -0.3 is 53.0 Å². The van der Waals surface area contributed by atoms with Crippen LogP contribution in [0, 0.1) is 69.0 Å². The molecule has 0 spiro atoms. The van der Waals surface area contributed by atoms with Crippen molar-refractivity contribution >= 4 is 112 Å². The van der Waals surface area contributed by atoms with Gasteiger partial charge in [-0.15, -0.1) is 0 Å². The van der Waals surface area contributed by atoms with Crippen LogP contribution in [0.25, 0.3) is 89.2 Å². The Kier molecular flexibility index (Phi) is 34.3. The van der Waals surface area contributed by atoms with Gasteiger partial charge in [-0.3, -0.25) is 18.7 Å². The third kappa shape index (κ3) is 25.6. The Labute approximate surface area is 784 Å². The number of nitriles is 4. The van der Waals surface area contributed by atoms with Gasteiger partial charge in [-0.05, 0) is 155 Å².